The van der Waals surface area contributed by atoms with E-state index >= 15 is 0 Å². The molecule has 28 heavy (non-hydrogen) atoms. The van der Waals surface area contributed by atoms with Crippen LogP contribution in [0, 0.1) is 13.8 Å². The third kappa shape index (κ3) is 4.77. The van der Waals surface area contributed by atoms with Crippen molar-refractivity contribution in [3.63, 3.8) is 0 Å². The van der Waals surface area contributed by atoms with E-state index in [4.69, 9.17) is 4.74 Å². The molecule has 2 atom stereocenters. The van der Waals surface area contributed by atoms with E-state index in [0.717, 1.165) is 11.4 Å². The summed E-state index contributed by atoms with van der Waals surface area (Å²) in [5.74, 6) is -0.801. The largest absolute Gasteiger partial charge is 0.452 e. The van der Waals surface area contributed by atoms with Crippen LogP contribution in [0.25, 0.3) is 0 Å². The molecule has 2 rings (SSSR count). The van der Waals surface area contributed by atoms with E-state index in [2.05, 4.69) is 0 Å². The molecule has 8 heteroatoms. The van der Waals surface area contributed by atoms with Crippen LogP contribution in [0.4, 0.5) is 0 Å². The van der Waals surface area contributed by atoms with Gasteiger partial charge in [-0.25, -0.2) is 13.2 Å². The average Bonchev–Trinajstić information content (AvgIpc) is 3.11. The smallest absolute Gasteiger partial charge is 0.340 e. The highest BCUT2D eigenvalue weighted by Crippen LogP contribution is 2.23. The molecule has 1 fully saturated rings. The van der Waals surface area contributed by atoms with Crippen molar-refractivity contribution < 1.29 is 22.7 Å². The summed E-state index contributed by atoms with van der Waals surface area (Å²) in [4.78, 5) is 26.9. The summed E-state index contributed by atoms with van der Waals surface area (Å²) in [6.45, 7) is 11.3. The maximum absolute atomic E-state index is 12.8. The van der Waals surface area contributed by atoms with Crippen molar-refractivity contribution in [1.82, 2.24) is 9.47 Å². The Morgan fingerprint density at radius 2 is 1.93 bits per heavy atom. The minimum Gasteiger partial charge on any atom is -0.452 e. The molecule has 0 N–H and O–H groups in total. The molecule has 0 spiro atoms. The number of carbonyl (C=O) groups is 2. The lowest BCUT2D eigenvalue weighted by Gasteiger charge is -2.33. The van der Waals surface area contributed by atoms with Crippen LogP contribution >= 0.6 is 0 Å². The second-order valence-corrected chi connectivity index (χ2v) is 10.2. The van der Waals surface area contributed by atoms with Gasteiger partial charge in [-0.1, -0.05) is 6.92 Å². The molecule has 7 nitrogen and oxygen atoms in total. The van der Waals surface area contributed by atoms with Crippen molar-refractivity contribution in [3.8, 4) is 0 Å². The number of rotatable bonds is 7. The number of hydrogen-bond acceptors (Lipinski definition) is 5. The van der Waals surface area contributed by atoms with Crippen molar-refractivity contribution in [1.29, 1.82) is 0 Å². The van der Waals surface area contributed by atoms with Gasteiger partial charge in [-0.2, -0.15) is 0 Å². The molecule has 0 aromatic carbocycles. The number of esters is 1. The van der Waals surface area contributed by atoms with Crippen LogP contribution in [0.5, 0.6) is 0 Å². The molecule has 1 aromatic heterocycles. The number of aromatic nitrogens is 1. The van der Waals surface area contributed by atoms with E-state index < -0.39 is 15.8 Å². The zero-order valence-electron chi connectivity index (χ0n) is 17.7. The maximum atomic E-state index is 12.8. The van der Waals surface area contributed by atoms with Crippen LogP contribution in [-0.2, 0) is 19.4 Å². The van der Waals surface area contributed by atoms with E-state index in [1.165, 1.54) is 0 Å². The molecule has 0 aliphatic carbocycles. The predicted octanol–water partition coefficient (Wildman–Crippen LogP) is 2.66. The fraction of sp³-hybridized carbons (Fsp3) is 0.700. The Balaban J connectivity index is 2.10. The van der Waals surface area contributed by atoms with Crippen LogP contribution in [0.2, 0.25) is 0 Å². The van der Waals surface area contributed by atoms with Crippen molar-refractivity contribution in [2.75, 3.05) is 18.1 Å². The Bertz CT molecular complexity index is 841. The monoisotopic (exact) mass is 412 g/mol. The van der Waals surface area contributed by atoms with E-state index in [1.54, 1.807) is 11.0 Å². The van der Waals surface area contributed by atoms with Crippen LogP contribution in [0.1, 0.15) is 68.3 Å². The highest BCUT2D eigenvalue weighted by Gasteiger charge is 2.36. The second kappa shape index (κ2) is 8.68. The van der Waals surface area contributed by atoms with Gasteiger partial charge >= 0.3 is 5.97 Å². The molecule has 0 bridgehead atoms. The third-order valence-electron chi connectivity index (χ3n) is 5.50. The summed E-state index contributed by atoms with van der Waals surface area (Å²) in [7, 11) is -3.11. The van der Waals surface area contributed by atoms with Crippen LogP contribution in [0.3, 0.4) is 0 Å². The first-order valence-electron chi connectivity index (χ1n) is 9.85. The lowest BCUT2D eigenvalue weighted by Crippen LogP contribution is -2.48. The Kier molecular flexibility index (Phi) is 6.96. The lowest BCUT2D eigenvalue weighted by atomic mass is 10.1. The molecule has 0 unspecified atom stereocenters. The van der Waals surface area contributed by atoms with Gasteiger partial charge in [0.15, 0.2) is 16.4 Å². The average molecular weight is 413 g/mol. The van der Waals surface area contributed by atoms with Gasteiger partial charge in [-0.05, 0) is 53.5 Å². The number of aryl methyl sites for hydroxylation is 1. The minimum absolute atomic E-state index is 0.0213. The molecule has 0 saturated carbocycles. The van der Waals surface area contributed by atoms with E-state index in [1.807, 2.05) is 46.1 Å². The van der Waals surface area contributed by atoms with E-state index in [-0.39, 0.29) is 42.1 Å². The number of amides is 1. The van der Waals surface area contributed by atoms with E-state index in [0.29, 0.717) is 18.4 Å². The van der Waals surface area contributed by atoms with Gasteiger partial charge in [-0.3, -0.25) is 4.79 Å². The third-order valence-corrected chi connectivity index (χ3v) is 7.25. The molecule has 1 aliphatic rings. The molecule has 158 valence electrons. The molecule has 1 aromatic rings. The summed E-state index contributed by atoms with van der Waals surface area (Å²) < 4.78 is 31.0. The first kappa shape index (κ1) is 22.5. The summed E-state index contributed by atoms with van der Waals surface area (Å²) in [5.41, 5.74) is 2.23. The number of ether oxygens (including phenoxy) is 1. The first-order valence-corrected chi connectivity index (χ1v) is 11.7. The Morgan fingerprint density at radius 1 is 1.29 bits per heavy atom. The quantitative estimate of drug-likeness (QED) is 0.643. The molecule has 1 aliphatic heterocycles. The van der Waals surface area contributed by atoms with Gasteiger partial charge in [0, 0.05) is 29.5 Å². The highest BCUT2D eigenvalue weighted by molar-refractivity contribution is 7.91. The molecule has 1 amide bonds. The molecule has 2 heterocycles. The van der Waals surface area contributed by atoms with Gasteiger partial charge in [0.25, 0.3) is 5.91 Å². The zero-order valence-corrected chi connectivity index (χ0v) is 18.5. The molecule has 1 saturated heterocycles. The molecular weight excluding hydrogens is 380 g/mol. The van der Waals surface area contributed by atoms with Crippen LogP contribution in [0.15, 0.2) is 6.07 Å². The normalized spacial score (nSPS) is 19.6. The summed E-state index contributed by atoms with van der Waals surface area (Å²) in [6, 6.07) is 1.53. The van der Waals surface area contributed by atoms with Gasteiger partial charge in [0.2, 0.25) is 0 Å². The van der Waals surface area contributed by atoms with Crippen molar-refractivity contribution in [2.24, 2.45) is 0 Å². The SMILES string of the molecule is CC[C@H](C)N(C(=O)COC(=O)c1cc(C)n(C(C)C)c1C)[C@@H]1CCS(=O)(=O)C1. The van der Waals surface area contributed by atoms with E-state index in [9.17, 15) is 18.0 Å². The molecular formula is C20H32N2O5S. The van der Waals surface area contributed by atoms with Crippen molar-refractivity contribution in [3.05, 3.63) is 23.0 Å². The van der Waals surface area contributed by atoms with Crippen LogP contribution in [-0.4, -0.2) is 60.0 Å². The number of hydrogen-bond donors (Lipinski definition) is 0. The Morgan fingerprint density at radius 3 is 2.39 bits per heavy atom. The number of nitrogens with zero attached hydrogens (tertiary/aromatic N) is 2. The first-order chi connectivity index (χ1) is 13.0. The topological polar surface area (TPSA) is 85.7 Å². The van der Waals surface area contributed by atoms with Gasteiger partial charge in [0.1, 0.15) is 0 Å². The second-order valence-electron chi connectivity index (χ2n) is 7.94. The van der Waals surface area contributed by atoms with Crippen LogP contribution < -0.4 is 0 Å². The highest BCUT2D eigenvalue weighted by atomic mass is 32.2. The van der Waals surface area contributed by atoms with Gasteiger partial charge in [0.05, 0.1) is 17.1 Å². The standard InChI is InChI=1S/C20H32N2O5S/c1-7-14(4)22(17-8-9-28(25,26)12-17)19(23)11-27-20(24)18-10-15(5)21(13(2)3)16(18)6/h10,13-14,17H,7-9,11-12H2,1-6H3/t14-,17+/m0/s1. The number of carbonyl (C=O) groups excluding carboxylic acids is 2. The lowest BCUT2D eigenvalue weighted by molar-refractivity contribution is -0.138. The zero-order chi connectivity index (χ0) is 21.2. The molecule has 0 radical (unpaired) electrons. The summed E-state index contributed by atoms with van der Waals surface area (Å²) >= 11 is 0. The van der Waals surface area contributed by atoms with Crippen molar-refractivity contribution in [2.45, 2.75) is 72.5 Å². The van der Waals surface area contributed by atoms with Crippen molar-refractivity contribution >= 4 is 21.7 Å². The Hall–Kier alpha value is -1.83. The predicted molar refractivity (Wildman–Crippen MR) is 108 cm³/mol. The fourth-order valence-corrected chi connectivity index (χ4v) is 5.77. The summed E-state index contributed by atoms with van der Waals surface area (Å²) in [6.07, 6.45) is 1.13. The number of sulfone groups is 1. The Labute approximate surface area is 168 Å². The maximum Gasteiger partial charge on any atom is 0.340 e. The van der Waals surface area contributed by atoms with Gasteiger partial charge in [-0.15, -0.1) is 0 Å². The van der Waals surface area contributed by atoms with Gasteiger partial charge < -0.3 is 14.2 Å². The summed E-state index contributed by atoms with van der Waals surface area (Å²) in [5, 5.41) is 0. The minimum atomic E-state index is -3.11. The fourth-order valence-electron chi connectivity index (χ4n) is 4.06.